The summed E-state index contributed by atoms with van der Waals surface area (Å²) < 4.78 is 2.13. The largest absolute Gasteiger partial charge is 0.302 e. The van der Waals surface area contributed by atoms with Gasteiger partial charge in [0.15, 0.2) is 0 Å². The summed E-state index contributed by atoms with van der Waals surface area (Å²) in [6.07, 6.45) is 4.04. The van der Waals surface area contributed by atoms with Crippen LogP contribution in [0.25, 0.3) is 0 Å². The third-order valence-corrected chi connectivity index (χ3v) is 4.33. The van der Waals surface area contributed by atoms with E-state index < -0.39 is 0 Å². The molecule has 0 saturated heterocycles. The van der Waals surface area contributed by atoms with Gasteiger partial charge in [0.2, 0.25) is 0 Å². The number of aryl methyl sites for hydroxylation is 2. The van der Waals surface area contributed by atoms with Crippen LogP contribution in [0.4, 0.5) is 0 Å². The van der Waals surface area contributed by atoms with Gasteiger partial charge in [0.05, 0.1) is 12.2 Å². The third kappa shape index (κ3) is 3.14. The fraction of sp³-hybridized carbons (Fsp3) is 0.800. The molecule has 1 aliphatic rings. The van der Waals surface area contributed by atoms with Gasteiger partial charge in [-0.15, -0.1) is 0 Å². The summed E-state index contributed by atoms with van der Waals surface area (Å²) in [5.74, 6) is 0. The van der Waals surface area contributed by atoms with Gasteiger partial charge < -0.3 is 4.90 Å². The van der Waals surface area contributed by atoms with Gasteiger partial charge in [-0.2, -0.15) is 5.10 Å². The van der Waals surface area contributed by atoms with Gasteiger partial charge >= 0.3 is 0 Å². The highest BCUT2D eigenvalue weighted by molar-refractivity contribution is 5.06. The fourth-order valence-corrected chi connectivity index (χ4v) is 3.11. The predicted molar refractivity (Wildman–Crippen MR) is 75.8 cm³/mol. The van der Waals surface area contributed by atoms with Crippen LogP contribution in [0.15, 0.2) is 6.07 Å². The predicted octanol–water partition coefficient (Wildman–Crippen LogP) is 3.01. The summed E-state index contributed by atoms with van der Waals surface area (Å²) in [4.78, 5) is 2.52. The molecule has 0 radical (unpaired) electrons. The Kier molecular flexibility index (Phi) is 3.81. The average molecular weight is 249 g/mol. The van der Waals surface area contributed by atoms with E-state index in [1.807, 2.05) is 0 Å². The zero-order valence-corrected chi connectivity index (χ0v) is 12.5. The van der Waals surface area contributed by atoms with E-state index in [1.165, 1.54) is 25.0 Å². The molecule has 102 valence electrons. The maximum absolute atomic E-state index is 4.53. The van der Waals surface area contributed by atoms with Crippen molar-refractivity contribution in [1.29, 1.82) is 0 Å². The topological polar surface area (TPSA) is 21.1 Å². The highest BCUT2D eigenvalue weighted by Gasteiger charge is 2.32. The van der Waals surface area contributed by atoms with Crippen LogP contribution in [0, 0.1) is 19.3 Å². The van der Waals surface area contributed by atoms with Gasteiger partial charge in [0.1, 0.15) is 0 Å². The molecular weight excluding hydrogens is 222 g/mol. The summed E-state index contributed by atoms with van der Waals surface area (Å²) in [5, 5.41) is 4.53. The van der Waals surface area contributed by atoms with Crippen molar-refractivity contribution >= 4 is 0 Å². The van der Waals surface area contributed by atoms with E-state index in [0.29, 0.717) is 5.41 Å². The Morgan fingerprint density at radius 2 is 2.17 bits per heavy atom. The Hall–Kier alpha value is -0.830. The van der Waals surface area contributed by atoms with E-state index in [4.69, 9.17) is 0 Å². The van der Waals surface area contributed by atoms with E-state index >= 15 is 0 Å². The van der Waals surface area contributed by atoms with Crippen LogP contribution >= 0.6 is 0 Å². The summed E-state index contributed by atoms with van der Waals surface area (Å²) in [7, 11) is 2.26. The molecule has 0 aliphatic heterocycles. The first-order valence-electron chi connectivity index (χ1n) is 7.09. The van der Waals surface area contributed by atoms with Crippen molar-refractivity contribution in [2.24, 2.45) is 5.41 Å². The Labute approximate surface area is 111 Å². The van der Waals surface area contributed by atoms with Crippen LogP contribution in [-0.2, 0) is 6.54 Å². The van der Waals surface area contributed by atoms with Gasteiger partial charge in [-0.1, -0.05) is 13.8 Å². The molecule has 0 N–H and O–H groups in total. The smallest absolute Gasteiger partial charge is 0.0596 e. The average Bonchev–Trinajstić information content (AvgIpc) is 2.78. The van der Waals surface area contributed by atoms with Crippen LogP contribution in [-0.4, -0.2) is 34.3 Å². The molecule has 3 nitrogen and oxygen atoms in total. The van der Waals surface area contributed by atoms with E-state index in [2.05, 4.69) is 55.5 Å². The second-order valence-corrected chi connectivity index (χ2v) is 6.69. The fourth-order valence-electron chi connectivity index (χ4n) is 3.11. The normalized spacial score (nSPS) is 22.9. The van der Waals surface area contributed by atoms with Crippen molar-refractivity contribution < 1.29 is 0 Å². The van der Waals surface area contributed by atoms with Crippen molar-refractivity contribution in [2.45, 2.75) is 59.5 Å². The van der Waals surface area contributed by atoms with Crippen LogP contribution in [0.1, 0.15) is 44.5 Å². The van der Waals surface area contributed by atoms with Crippen molar-refractivity contribution in [3.63, 3.8) is 0 Å². The lowest BCUT2D eigenvalue weighted by Crippen LogP contribution is -2.33. The number of hydrogen-bond donors (Lipinski definition) is 0. The van der Waals surface area contributed by atoms with Crippen molar-refractivity contribution in [2.75, 3.05) is 13.6 Å². The van der Waals surface area contributed by atoms with Gasteiger partial charge in [0.25, 0.3) is 0 Å². The molecule has 1 atom stereocenters. The van der Waals surface area contributed by atoms with E-state index in [-0.39, 0.29) is 0 Å². The molecule has 18 heavy (non-hydrogen) atoms. The monoisotopic (exact) mass is 249 g/mol. The summed E-state index contributed by atoms with van der Waals surface area (Å²) >= 11 is 0. The number of rotatable bonds is 4. The summed E-state index contributed by atoms with van der Waals surface area (Å²) in [5.41, 5.74) is 2.93. The Morgan fingerprint density at radius 3 is 2.67 bits per heavy atom. The van der Waals surface area contributed by atoms with Gasteiger partial charge in [-0.3, -0.25) is 4.68 Å². The minimum atomic E-state index is 0.539. The van der Waals surface area contributed by atoms with E-state index in [0.717, 1.165) is 24.8 Å². The highest BCUT2D eigenvalue weighted by Crippen LogP contribution is 2.38. The SMILES string of the molecule is Cc1cc(C)n(CCN(C)C2CCC(C)(C)C2)n1. The van der Waals surface area contributed by atoms with Crippen molar-refractivity contribution in [1.82, 2.24) is 14.7 Å². The van der Waals surface area contributed by atoms with Crippen LogP contribution < -0.4 is 0 Å². The number of nitrogens with zero attached hydrogens (tertiary/aromatic N) is 3. The second-order valence-electron chi connectivity index (χ2n) is 6.69. The number of likely N-dealkylation sites (N-methyl/N-ethyl adjacent to an activating group) is 1. The summed E-state index contributed by atoms with van der Waals surface area (Å²) in [6, 6.07) is 2.91. The molecule has 1 unspecified atom stereocenters. The zero-order chi connectivity index (χ0) is 13.3. The molecular formula is C15H27N3. The number of hydrogen-bond acceptors (Lipinski definition) is 2. The quantitative estimate of drug-likeness (QED) is 0.818. The summed E-state index contributed by atoms with van der Waals surface area (Å²) in [6.45, 7) is 11.1. The third-order valence-electron chi connectivity index (χ3n) is 4.33. The molecule has 0 bridgehead atoms. The molecule has 1 heterocycles. The lowest BCUT2D eigenvalue weighted by Gasteiger charge is -2.26. The second kappa shape index (κ2) is 5.04. The van der Waals surface area contributed by atoms with Gasteiger partial charge in [-0.25, -0.2) is 0 Å². The first-order chi connectivity index (χ1) is 8.37. The molecule has 0 aromatic carbocycles. The molecule has 0 spiro atoms. The Bertz CT molecular complexity index is 406. The van der Waals surface area contributed by atoms with Gasteiger partial charge in [-0.05, 0) is 51.6 Å². The zero-order valence-electron chi connectivity index (χ0n) is 12.5. The maximum atomic E-state index is 4.53. The first-order valence-corrected chi connectivity index (χ1v) is 7.09. The van der Waals surface area contributed by atoms with E-state index in [1.54, 1.807) is 0 Å². The maximum Gasteiger partial charge on any atom is 0.0596 e. The number of aromatic nitrogens is 2. The van der Waals surface area contributed by atoms with Crippen LogP contribution in [0.2, 0.25) is 0 Å². The van der Waals surface area contributed by atoms with Crippen molar-refractivity contribution in [3.05, 3.63) is 17.5 Å². The Morgan fingerprint density at radius 1 is 1.44 bits per heavy atom. The van der Waals surface area contributed by atoms with Crippen LogP contribution in [0.3, 0.4) is 0 Å². The molecule has 1 fully saturated rings. The molecule has 1 aromatic heterocycles. The molecule has 1 aromatic rings. The Balaban J connectivity index is 1.85. The van der Waals surface area contributed by atoms with E-state index in [9.17, 15) is 0 Å². The molecule has 2 rings (SSSR count). The molecule has 3 heteroatoms. The van der Waals surface area contributed by atoms with Crippen LogP contribution in [0.5, 0.6) is 0 Å². The highest BCUT2D eigenvalue weighted by atomic mass is 15.3. The molecule has 0 amide bonds. The standard InChI is InChI=1S/C15H27N3/c1-12-10-13(2)18(16-12)9-8-17(5)14-6-7-15(3,4)11-14/h10,14H,6-9,11H2,1-5H3. The minimum absolute atomic E-state index is 0.539. The lowest BCUT2D eigenvalue weighted by atomic mass is 9.91. The lowest BCUT2D eigenvalue weighted by molar-refractivity contribution is 0.216. The molecule has 1 saturated carbocycles. The van der Waals surface area contributed by atoms with Crippen molar-refractivity contribution in [3.8, 4) is 0 Å². The minimum Gasteiger partial charge on any atom is -0.302 e. The first kappa shape index (κ1) is 13.6. The van der Waals surface area contributed by atoms with Gasteiger partial charge in [0, 0.05) is 18.3 Å². The molecule has 1 aliphatic carbocycles.